The topological polar surface area (TPSA) is 67.4 Å². The van der Waals surface area contributed by atoms with Gasteiger partial charge < -0.3 is 10.1 Å². The number of amides is 2. The molecule has 0 saturated heterocycles. The molecule has 0 aliphatic heterocycles. The molecule has 5 nitrogen and oxygen atoms in total. The maximum Gasteiger partial charge on any atom is 0.412 e. The summed E-state index contributed by atoms with van der Waals surface area (Å²) in [5.41, 5.74) is 1.37. The molecule has 0 fully saturated rings. The number of ether oxygens (including phenoxy) is 1. The SMILES string of the molecule is CC(C)(C)OC(=O)Nc1ccc(NC(=O)C#Cc2ccccc2)cc1. The standard InChI is InChI=1S/C20H20N2O3/c1-20(2,3)25-19(24)22-17-12-10-16(11-13-17)21-18(23)14-9-15-7-5-4-6-8-15/h4-8,10-13H,1-3H3,(H,21,23)(H,22,24). The van der Waals surface area contributed by atoms with Crippen molar-refractivity contribution in [1.29, 1.82) is 0 Å². The molecule has 0 aliphatic carbocycles. The number of carbonyl (C=O) groups excluding carboxylic acids is 2. The van der Waals surface area contributed by atoms with Gasteiger partial charge in [-0.15, -0.1) is 0 Å². The number of anilines is 2. The van der Waals surface area contributed by atoms with Crippen molar-refractivity contribution in [2.45, 2.75) is 26.4 Å². The Morgan fingerprint density at radius 1 is 0.880 bits per heavy atom. The summed E-state index contributed by atoms with van der Waals surface area (Å²) in [6.07, 6.45) is -0.530. The lowest BCUT2D eigenvalue weighted by molar-refractivity contribution is -0.111. The highest BCUT2D eigenvalue weighted by Gasteiger charge is 2.16. The summed E-state index contributed by atoms with van der Waals surface area (Å²) in [4.78, 5) is 23.5. The normalized spacial score (nSPS) is 10.2. The number of hydrogen-bond acceptors (Lipinski definition) is 3. The number of rotatable bonds is 2. The van der Waals surface area contributed by atoms with Crippen molar-refractivity contribution in [2.75, 3.05) is 10.6 Å². The fourth-order valence-corrected chi connectivity index (χ4v) is 1.87. The number of nitrogens with one attached hydrogen (secondary N) is 2. The average molecular weight is 336 g/mol. The third kappa shape index (κ3) is 6.80. The molecule has 5 heteroatoms. The lowest BCUT2D eigenvalue weighted by Gasteiger charge is -2.19. The van der Waals surface area contributed by atoms with Crippen LogP contribution >= 0.6 is 0 Å². The van der Waals surface area contributed by atoms with Crippen molar-refractivity contribution >= 4 is 23.4 Å². The molecule has 2 aromatic rings. The van der Waals surface area contributed by atoms with E-state index in [-0.39, 0.29) is 0 Å². The molecule has 2 rings (SSSR count). The van der Waals surface area contributed by atoms with Crippen LogP contribution in [0.15, 0.2) is 54.6 Å². The van der Waals surface area contributed by atoms with Crippen LogP contribution in [0.2, 0.25) is 0 Å². The molecule has 0 saturated carbocycles. The zero-order valence-electron chi connectivity index (χ0n) is 14.4. The van der Waals surface area contributed by atoms with Crippen molar-refractivity contribution in [2.24, 2.45) is 0 Å². The Morgan fingerprint density at radius 2 is 1.44 bits per heavy atom. The molecule has 128 valence electrons. The first-order valence-corrected chi connectivity index (χ1v) is 7.80. The lowest BCUT2D eigenvalue weighted by atomic mass is 10.2. The zero-order chi connectivity index (χ0) is 18.3. The molecule has 2 N–H and O–H groups in total. The van der Waals surface area contributed by atoms with Crippen molar-refractivity contribution in [3.05, 3.63) is 60.2 Å². The molecule has 0 atom stereocenters. The van der Waals surface area contributed by atoms with Crippen LogP contribution < -0.4 is 10.6 Å². The fraction of sp³-hybridized carbons (Fsp3) is 0.200. The molecule has 0 radical (unpaired) electrons. The van der Waals surface area contributed by atoms with Gasteiger partial charge in [-0.2, -0.15) is 0 Å². The summed E-state index contributed by atoms with van der Waals surface area (Å²) >= 11 is 0. The number of hydrogen-bond donors (Lipinski definition) is 2. The minimum atomic E-state index is -0.560. The third-order valence-electron chi connectivity index (χ3n) is 2.88. The summed E-state index contributed by atoms with van der Waals surface area (Å²) in [5.74, 6) is 4.91. The van der Waals surface area contributed by atoms with E-state index in [0.717, 1.165) is 5.56 Å². The van der Waals surface area contributed by atoms with Crippen LogP contribution in [0.25, 0.3) is 0 Å². The van der Waals surface area contributed by atoms with Gasteiger partial charge >= 0.3 is 12.0 Å². The lowest BCUT2D eigenvalue weighted by Crippen LogP contribution is -2.27. The van der Waals surface area contributed by atoms with Crippen LogP contribution in [0.1, 0.15) is 26.3 Å². The van der Waals surface area contributed by atoms with Gasteiger partial charge in [-0.25, -0.2) is 4.79 Å². The van der Waals surface area contributed by atoms with E-state index in [0.29, 0.717) is 11.4 Å². The summed E-state index contributed by atoms with van der Waals surface area (Å²) in [5, 5.41) is 5.30. The van der Waals surface area contributed by atoms with Crippen LogP contribution in [-0.4, -0.2) is 17.6 Å². The van der Waals surface area contributed by atoms with Crippen LogP contribution in [0, 0.1) is 11.8 Å². The van der Waals surface area contributed by atoms with E-state index in [1.807, 2.05) is 30.3 Å². The predicted octanol–water partition coefficient (Wildman–Crippen LogP) is 4.02. The number of carbonyl (C=O) groups is 2. The minimum absolute atomic E-state index is 0.406. The van der Waals surface area contributed by atoms with Gasteiger partial charge in [0.2, 0.25) is 0 Å². The molecule has 2 amide bonds. The molecule has 0 aliphatic rings. The second-order valence-electron chi connectivity index (χ2n) is 6.27. The van der Waals surface area contributed by atoms with Gasteiger partial charge in [-0.3, -0.25) is 10.1 Å². The first kappa shape index (κ1) is 18.1. The van der Waals surface area contributed by atoms with E-state index >= 15 is 0 Å². The zero-order valence-corrected chi connectivity index (χ0v) is 14.4. The Bertz CT molecular complexity index is 795. The largest absolute Gasteiger partial charge is 0.444 e. The summed E-state index contributed by atoms with van der Waals surface area (Å²) in [7, 11) is 0. The van der Waals surface area contributed by atoms with Gasteiger partial charge in [0.15, 0.2) is 0 Å². The van der Waals surface area contributed by atoms with E-state index in [2.05, 4.69) is 22.5 Å². The average Bonchev–Trinajstić information content (AvgIpc) is 2.54. The van der Waals surface area contributed by atoms with Gasteiger partial charge in [-0.05, 0) is 57.2 Å². The molecule has 0 unspecified atom stereocenters. The number of benzene rings is 2. The van der Waals surface area contributed by atoms with Crippen molar-refractivity contribution < 1.29 is 14.3 Å². The summed E-state index contributed by atoms with van der Waals surface area (Å²) < 4.78 is 5.17. The van der Waals surface area contributed by atoms with Crippen LogP contribution in [0.5, 0.6) is 0 Å². The highest BCUT2D eigenvalue weighted by Crippen LogP contribution is 2.15. The second kappa shape index (κ2) is 8.02. The predicted molar refractivity (Wildman–Crippen MR) is 98.2 cm³/mol. The molecule has 0 bridgehead atoms. The first-order valence-electron chi connectivity index (χ1n) is 7.80. The molecule has 25 heavy (non-hydrogen) atoms. The van der Waals surface area contributed by atoms with E-state index in [4.69, 9.17) is 4.74 Å². The van der Waals surface area contributed by atoms with Crippen LogP contribution in [0.3, 0.4) is 0 Å². The van der Waals surface area contributed by atoms with E-state index in [9.17, 15) is 9.59 Å². The van der Waals surface area contributed by atoms with Crippen molar-refractivity contribution in [3.63, 3.8) is 0 Å². The Balaban J connectivity index is 1.91. The van der Waals surface area contributed by atoms with Gasteiger partial charge in [0, 0.05) is 22.9 Å². The fourth-order valence-electron chi connectivity index (χ4n) is 1.87. The summed E-state index contributed by atoms with van der Waals surface area (Å²) in [6, 6.07) is 16.0. The van der Waals surface area contributed by atoms with Crippen molar-refractivity contribution in [1.82, 2.24) is 0 Å². The molecular formula is C20H20N2O3. The van der Waals surface area contributed by atoms with Crippen molar-refractivity contribution in [3.8, 4) is 11.8 Å². The van der Waals surface area contributed by atoms with Crippen LogP contribution in [-0.2, 0) is 9.53 Å². The molecule has 0 heterocycles. The Hall–Kier alpha value is -3.26. The Morgan fingerprint density at radius 3 is 2.00 bits per heavy atom. The van der Waals surface area contributed by atoms with E-state index < -0.39 is 17.6 Å². The highest BCUT2D eigenvalue weighted by molar-refractivity contribution is 6.04. The Kier molecular flexibility index (Phi) is 5.80. The molecule has 0 aromatic heterocycles. The van der Waals surface area contributed by atoms with Gasteiger partial charge in [0.25, 0.3) is 0 Å². The highest BCUT2D eigenvalue weighted by atomic mass is 16.6. The summed E-state index contributed by atoms with van der Waals surface area (Å²) in [6.45, 7) is 5.38. The third-order valence-corrected chi connectivity index (χ3v) is 2.88. The Labute approximate surface area is 147 Å². The quantitative estimate of drug-likeness (QED) is 0.814. The second-order valence-corrected chi connectivity index (χ2v) is 6.27. The molecule has 2 aromatic carbocycles. The van der Waals surface area contributed by atoms with Gasteiger partial charge in [-0.1, -0.05) is 24.1 Å². The molecular weight excluding hydrogens is 316 g/mol. The monoisotopic (exact) mass is 336 g/mol. The van der Waals surface area contributed by atoms with Gasteiger partial charge in [0.1, 0.15) is 5.60 Å². The smallest absolute Gasteiger partial charge is 0.412 e. The first-order chi connectivity index (χ1) is 11.8. The maximum absolute atomic E-state index is 11.8. The van der Waals surface area contributed by atoms with Gasteiger partial charge in [0.05, 0.1) is 0 Å². The molecule has 0 spiro atoms. The van der Waals surface area contributed by atoms with E-state index in [1.54, 1.807) is 45.0 Å². The minimum Gasteiger partial charge on any atom is -0.444 e. The van der Waals surface area contributed by atoms with E-state index in [1.165, 1.54) is 0 Å². The maximum atomic E-state index is 11.8. The van der Waals surface area contributed by atoms with Crippen LogP contribution in [0.4, 0.5) is 16.2 Å².